The third-order valence-corrected chi connectivity index (χ3v) is 4.82. The van der Waals surface area contributed by atoms with E-state index < -0.39 is 0 Å². The number of hydrogen-bond acceptors (Lipinski definition) is 5. The van der Waals surface area contributed by atoms with Gasteiger partial charge < -0.3 is 19.9 Å². The number of thioether (sulfide) groups is 1. The molecule has 0 aromatic heterocycles. The van der Waals surface area contributed by atoms with Gasteiger partial charge in [0.25, 0.3) is 0 Å². The Balaban J connectivity index is 0.00000109. The Bertz CT molecular complexity index is 649. The van der Waals surface area contributed by atoms with Crippen LogP contribution in [0.15, 0.2) is 42.5 Å². The summed E-state index contributed by atoms with van der Waals surface area (Å²) in [6.07, 6.45) is 3.18. The van der Waals surface area contributed by atoms with Crippen molar-refractivity contribution in [2.45, 2.75) is 19.1 Å². The number of fused-ring (bicyclic) bond motifs is 1. The summed E-state index contributed by atoms with van der Waals surface area (Å²) >= 11 is 1.86. The molecule has 0 bridgehead atoms. The molecule has 136 valence electrons. The van der Waals surface area contributed by atoms with Crippen molar-refractivity contribution in [3.05, 3.63) is 59.2 Å². The van der Waals surface area contributed by atoms with Crippen molar-refractivity contribution in [2.24, 2.45) is 0 Å². The smallest absolute Gasteiger partial charge is 0.161 e. The van der Waals surface area contributed by atoms with Crippen molar-refractivity contribution in [3.63, 3.8) is 0 Å². The van der Waals surface area contributed by atoms with Gasteiger partial charge in [-0.3, -0.25) is 0 Å². The van der Waals surface area contributed by atoms with E-state index in [9.17, 15) is 0 Å². The lowest BCUT2D eigenvalue weighted by Gasteiger charge is -2.28. The molecule has 25 heavy (non-hydrogen) atoms. The fourth-order valence-corrected chi connectivity index (χ4v) is 3.60. The van der Waals surface area contributed by atoms with Crippen LogP contribution < -0.4 is 14.8 Å². The summed E-state index contributed by atoms with van der Waals surface area (Å²) in [6.45, 7) is 1.57. The Morgan fingerprint density at radius 1 is 1.16 bits per heavy atom. The summed E-state index contributed by atoms with van der Waals surface area (Å²) < 4.78 is 11.6. The molecule has 2 N–H and O–H groups in total. The van der Waals surface area contributed by atoms with Crippen LogP contribution in [0.2, 0.25) is 0 Å². The summed E-state index contributed by atoms with van der Waals surface area (Å²) in [5.41, 5.74) is 3.87. The highest BCUT2D eigenvalue weighted by Gasteiger charge is 2.22. The zero-order valence-corrected chi connectivity index (χ0v) is 15.9. The maximum Gasteiger partial charge on any atom is 0.161 e. The first-order valence-electron chi connectivity index (χ1n) is 8.36. The van der Waals surface area contributed by atoms with Gasteiger partial charge >= 0.3 is 0 Å². The Morgan fingerprint density at radius 3 is 2.60 bits per heavy atom. The van der Waals surface area contributed by atoms with Gasteiger partial charge in [-0.25, -0.2) is 0 Å². The predicted octanol–water partition coefficient (Wildman–Crippen LogP) is 3.43. The molecule has 3 rings (SSSR count). The monoisotopic (exact) mass is 361 g/mol. The Hall–Kier alpha value is -1.69. The minimum Gasteiger partial charge on any atom is -0.493 e. The lowest BCUT2D eigenvalue weighted by molar-refractivity contribution is 0.283. The maximum absolute atomic E-state index is 7.00. The number of benzene rings is 2. The number of hydrogen-bond donors (Lipinski definition) is 2. The molecule has 1 aliphatic heterocycles. The van der Waals surface area contributed by atoms with E-state index in [1.165, 1.54) is 11.1 Å². The Morgan fingerprint density at radius 2 is 1.92 bits per heavy atom. The van der Waals surface area contributed by atoms with Crippen LogP contribution in [-0.4, -0.2) is 37.9 Å². The summed E-state index contributed by atoms with van der Waals surface area (Å²) in [5.74, 6) is 2.72. The second kappa shape index (κ2) is 10.3. The van der Waals surface area contributed by atoms with E-state index in [1.807, 2.05) is 30.0 Å². The van der Waals surface area contributed by atoms with Crippen LogP contribution in [-0.2, 0) is 13.0 Å². The largest absolute Gasteiger partial charge is 0.493 e. The summed E-state index contributed by atoms with van der Waals surface area (Å²) in [5, 5.41) is 10.6. The highest BCUT2D eigenvalue weighted by Crippen LogP contribution is 2.36. The van der Waals surface area contributed by atoms with Gasteiger partial charge in [-0.2, -0.15) is 11.8 Å². The van der Waals surface area contributed by atoms with E-state index >= 15 is 0 Å². The van der Waals surface area contributed by atoms with Gasteiger partial charge in [-0.1, -0.05) is 30.3 Å². The van der Waals surface area contributed by atoms with E-state index in [0.29, 0.717) is 12.6 Å². The minimum absolute atomic E-state index is 0.394. The standard InChI is InChI=1S/C19H23NO2S.CH4O/c1-21-18-11-16-15(8-9-20-17(16)13-23-2)10-19(18)22-12-14-6-4-3-5-7-14;1-2/h3-7,10-11,17,20H,8-9,12-13H2,1-2H3;2H,1H3. The molecule has 0 fully saturated rings. The summed E-state index contributed by atoms with van der Waals surface area (Å²) in [6, 6.07) is 14.9. The number of ether oxygens (including phenoxy) is 2. The first-order chi connectivity index (χ1) is 12.3. The van der Waals surface area contributed by atoms with Crippen LogP contribution in [0.25, 0.3) is 0 Å². The van der Waals surface area contributed by atoms with Gasteiger partial charge in [-0.05, 0) is 48.0 Å². The molecule has 0 saturated carbocycles. The van der Waals surface area contributed by atoms with E-state index in [0.717, 1.165) is 42.9 Å². The molecule has 4 nitrogen and oxygen atoms in total. The maximum atomic E-state index is 7.00. The number of aliphatic hydroxyl groups excluding tert-OH is 1. The molecule has 0 amide bonds. The number of nitrogens with one attached hydrogen (secondary N) is 1. The van der Waals surface area contributed by atoms with Crippen molar-refractivity contribution < 1.29 is 14.6 Å². The molecule has 1 aliphatic rings. The fraction of sp³-hybridized carbons (Fsp3) is 0.400. The number of methoxy groups -OCH3 is 1. The molecule has 0 saturated heterocycles. The molecule has 1 unspecified atom stereocenters. The highest BCUT2D eigenvalue weighted by molar-refractivity contribution is 7.98. The van der Waals surface area contributed by atoms with Gasteiger partial charge in [-0.15, -0.1) is 0 Å². The molecule has 5 heteroatoms. The average Bonchev–Trinajstić information content (AvgIpc) is 2.68. The second-order valence-electron chi connectivity index (χ2n) is 5.69. The zero-order valence-electron chi connectivity index (χ0n) is 15.1. The molecule has 1 heterocycles. The third-order valence-electron chi connectivity index (χ3n) is 4.16. The van der Waals surface area contributed by atoms with Gasteiger partial charge in [0.1, 0.15) is 6.61 Å². The van der Waals surface area contributed by atoms with Crippen molar-refractivity contribution in [3.8, 4) is 11.5 Å². The van der Waals surface area contributed by atoms with E-state index in [4.69, 9.17) is 14.6 Å². The van der Waals surface area contributed by atoms with E-state index in [2.05, 4.69) is 35.8 Å². The molecular formula is C20H27NO3S. The molecule has 2 aromatic rings. The molecule has 0 spiro atoms. The average molecular weight is 362 g/mol. The first kappa shape index (κ1) is 19.6. The van der Waals surface area contributed by atoms with Crippen LogP contribution >= 0.6 is 11.8 Å². The Labute approximate surface area is 154 Å². The summed E-state index contributed by atoms with van der Waals surface area (Å²) in [4.78, 5) is 0. The van der Waals surface area contributed by atoms with Crippen molar-refractivity contribution in [1.82, 2.24) is 5.32 Å². The van der Waals surface area contributed by atoms with Crippen LogP contribution in [0.4, 0.5) is 0 Å². The molecular weight excluding hydrogens is 334 g/mol. The highest BCUT2D eigenvalue weighted by atomic mass is 32.2. The number of rotatable bonds is 6. The zero-order chi connectivity index (χ0) is 18.1. The van der Waals surface area contributed by atoms with Gasteiger partial charge in [0.05, 0.1) is 7.11 Å². The first-order valence-corrected chi connectivity index (χ1v) is 9.75. The summed E-state index contributed by atoms with van der Waals surface area (Å²) in [7, 11) is 2.71. The Kier molecular flexibility index (Phi) is 8.12. The normalized spacial score (nSPS) is 15.6. The molecule has 0 radical (unpaired) electrons. The predicted molar refractivity (Wildman–Crippen MR) is 105 cm³/mol. The van der Waals surface area contributed by atoms with Crippen molar-refractivity contribution in [2.75, 3.05) is 32.8 Å². The topological polar surface area (TPSA) is 50.7 Å². The third kappa shape index (κ3) is 5.14. The number of aliphatic hydroxyl groups is 1. The van der Waals surface area contributed by atoms with Gasteiger partial charge in [0.2, 0.25) is 0 Å². The lowest BCUT2D eigenvalue weighted by Crippen LogP contribution is -2.31. The van der Waals surface area contributed by atoms with Crippen LogP contribution in [0.1, 0.15) is 22.7 Å². The van der Waals surface area contributed by atoms with Crippen molar-refractivity contribution >= 4 is 11.8 Å². The van der Waals surface area contributed by atoms with E-state index in [1.54, 1.807) is 7.11 Å². The molecule has 0 aliphatic carbocycles. The van der Waals surface area contributed by atoms with Gasteiger partial charge in [0.15, 0.2) is 11.5 Å². The second-order valence-corrected chi connectivity index (χ2v) is 6.60. The van der Waals surface area contributed by atoms with Crippen molar-refractivity contribution in [1.29, 1.82) is 0 Å². The quantitative estimate of drug-likeness (QED) is 0.825. The van der Waals surface area contributed by atoms with Crippen LogP contribution in [0.3, 0.4) is 0 Å². The minimum atomic E-state index is 0.394. The van der Waals surface area contributed by atoms with Gasteiger partial charge in [0, 0.05) is 18.9 Å². The van der Waals surface area contributed by atoms with Crippen LogP contribution in [0.5, 0.6) is 11.5 Å². The molecule has 2 aromatic carbocycles. The van der Waals surface area contributed by atoms with E-state index in [-0.39, 0.29) is 0 Å². The lowest BCUT2D eigenvalue weighted by atomic mass is 9.94. The molecule has 1 atom stereocenters. The van der Waals surface area contributed by atoms with Crippen LogP contribution in [0, 0.1) is 0 Å². The fourth-order valence-electron chi connectivity index (χ4n) is 2.97. The SMILES string of the molecule is CO.COc1cc2c(cc1OCc1ccccc1)CCNC2CSC.